The Labute approximate surface area is 124 Å². The summed E-state index contributed by atoms with van der Waals surface area (Å²) in [5.41, 5.74) is 2.69. The third kappa shape index (κ3) is 3.09. The summed E-state index contributed by atoms with van der Waals surface area (Å²) in [6.45, 7) is 8.46. The van der Waals surface area contributed by atoms with Gasteiger partial charge in [-0.25, -0.2) is 0 Å². The molecule has 2 aromatic rings. The number of nitriles is 1. The van der Waals surface area contributed by atoms with E-state index in [1.807, 2.05) is 18.2 Å². The lowest BCUT2D eigenvalue weighted by atomic mass is 10.2. The summed E-state index contributed by atoms with van der Waals surface area (Å²) in [5.74, 6) is 0. The van der Waals surface area contributed by atoms with Crippen LogP contribution in [0.15, 0.2) is 18.2 Å². The summed E-state index contributed by atoms with van der Waals surface area (Å²) in [7, 11) is 0. The Morgan fingerprint density at radius 2 is 2.10 bits per heavy atom. The highest BCUT2D eigenvalue weighted by Gasteiger charge is 2.06. The monoisotopic (exact) mass is 288 g/mol. The minimum Gasteiger partial charge on any atom is -0.331 e. The van der Waals surface area contributed by atoms with Crippen LogP contribution in [0.25, 0.3) is 11.0 Å². The van der Waals surface area contributed by atoms with E-state index in [2.05, 4.69) is 34.4 Å². The fourth-order valence-electron chi connectivity index (χ4n) is 2.44. The van der Waals surface area contributed by atoms with Crippen LogP contribution in [0.3, 0.4) is 0 Å². The molecule has 106 valence electrons. The molecule has 0 unspecified atom stereocenters. The van der Waals surface area contributed by atoms with Crippen molar-refractivity contribution in [3.8, 4) is 6.07 Å². The Hall–Kier alpha value is -1.64. The molecule has 5 heteroatoms. The maximum absolute atomic E-state index is 9.01. The van der Waals surface area contributed by atoms with Gasteiger partial charge in [-0.2, -0.15) is 5.26 Å². The van der Waals surface area contributed by atoms with E-state index < -0.39 is 0 Å². The number of fused-ring (bicyclic) bond motifs is 1. The first-order valence-electron chi connectivity index (χ1n) is 7.04. The number of nitrogens with one attached hydrogen (secondary N) is 1. The molecule has 0 aliphatic rings. The van der Waals surface area contributed by atoms with Crippen molar-refractivity contribution in [3.63, 3.8) is 0 Å². The van der Waals surface area contributed by atoms with Crippen LogP contribution < -0.4 is 0 Å². The van der Waals surface area contributed by atoms with Gasteiger partial charge in [-0.3, -0.25) is 0 Å². The fraction of sp³-hybridized carbons (Fsp3) is 0.467. The molecule has 1 heterocycles. The zero-order valence-electron chi connectivity index (χ0n) is 12.0. The molecule has 1 aromatic heterocycles. The van der Waals surface area contributed by atoms with Crippen molar-refractivity contribution in [2.24, 2.45) is 0 Å². The van der Waals surface area contributed by atoms with Gasteiger partial charge in [0.15, 0.2) is 4.77 Å². The Morgan fingerprint density at radius 1 is 1.35 bits per heavy atom. The predicted molar refractivity (Wildman–Crippen MR) is 84.2 cm³/mol. The van der Waals surface area contributed by atoms with Gasteiger partial charge in [-0.15, -0.1) is 0 Å². The lowest BCUT2D eigenvalue weighted by molar-refractivity contribution is 0.293. The second kappa shape index (κ2) is 6.69. The van der Waals surface area contributed by atoms with E-state index in [-0.39, 0.29) is 0 Å². The summed E-state index contributed by atoms with van der Waals surface area (Å²) < 4.78 is 2.82. The highest BCUT2D eigenvalue weighted by atomic mass is 32.1. The van der Waals surface area contributed by atoms with Crippen LogP contribution >= 0.6 is 12.2 Å². The number of H-pyrrole nitrogens is 1. The van der Waals surface area contributed by atoms with Crippen LogP contribution in [-0.4, -0.2) is 34.1 Å². The second-order valence-electron chi connectivity index (χ2n) is 4.81. The fourth-order valence-corrected chi connectivity index (χ4v) is 2.74. The number of imidazole rings is 1. The van der Waals surface area contributed by atoms with Gasteiger partial charge in [-0.05, 0) is 56.5 Å². The molecule has 0 fully saturated rings. The van der Waals surface area contributed by atoms with Crippen LogP contribution in [0, 0.1) is 16.1 Å². The molecule has 4 nitrogen and oxygen atoms in total. The molecular weight excluding hydrogens is 268 g/mol. The largest absolute Gasteiger partial charge is 0.331 e. The lowest BCUT2D eigenvalue weighted by Crippen LogP contribution is -2.24. The van der Waals surface area contributed by atoms with Crippen LogP contribution in [0.4, 0.5) is 0 Å². The highest BCUT2D eigenvalue weighted by Crippen LogP contribution is 2.16. The first-order valence-corrected chi connectivity index (χ1v) is 7.45. The zero-order chi connectivity index (χ0) is 14.5. The highest BCUT2D eigenvalue weighted by molar-refractivity contribution is 7.71. The first-order chi connectivity index (χ1) is 9.69. The van der Waals surface area contributed by atoms with Crippen LogP contribution in [0.2, 0.25) is 0 Å². The quantitative estimate of drug-likeness (QED) is 0.830. The smallest absolute Gasteiger partial charge is 0.178 e. The molecule has 0 atom stereocenters. The molecule has 0 spiro atoms. The first kappa shape index (κ1) is 14.8. The van der Waals surface area contributed by atoms with E-state index in [1.165, 1.54) is 0 Å². The normalized spacial score (nSPS) is 11.1. The molecule has 0 amide bonds. The van der Waals surface area contributed by atoms with Crippen molar-refractivity contribution in [3.05, 3.63) is 28.5 Å². The average molecular weight is 288 g/mol. The molecule has 0 saturated carbocycles. The van der Waals surface area contributed by atoms with Gasteiger partial charge in [0.2, 0.25) is 0 Å². The van der Waals surface area contributed by atoms with E-state index in [0.717, 1.165) is 48.4 Å². The number of benzene rings is 1. The third-order valence-corrected chi connectivity index (χ3v) is 3.98. The van der Waals surface area contributed by atoms with E-state index in [1.54, 1.807) is 0 Å². The molecule has 0 radical (unpaired) electrons. The van der Waals surface area contributed by atoms with Gasteiger partial charge >= 0.3 is 0 Å². The standard InChI is InChI=1S/C15H20N4S/c1-3-18(4-2)8-5-9-19-14-10-12(11-16)6-7-13(14)17-15(19)20/h6-7,10H,3-5,8-9H2,1-2H3,(H,17,20). The van der Waals surface area contributed by atoms with E-state index in [4.69, 9.17) is 17.5 Å². The molecule has 0 aliphatic carbocycles. The van der Waals surface area contributed by atoms with Gasteiger partial charge in [0.25, 0.3) is 0 Å². The average Bonchev–Trinajstić information content (AvgIpc) is 2.78. The molecule has 1 N–H and O–H groups in total. The maximum atomic E-state index is 9.01. The van der Waals surface area contributed by atoms with Gasteiger partial charge in [0, 0.05) is 6.54 Å². The van der Waals surface area contributed by atoms with Gasteiger partial charge < -0.3 is 14.5 Å². The minimum absolute atomic E-state index is 0.670. The topological polar surface area (TPSA) is 47.8 Å². The molecular formula is C15H20N4S. The van der Waals surface area contributed by atoms with Crippen molar-refractivity contribution >= 4 is 23.3 Å². The number of aryl methyl sites for hydroxylation is 1. The predicted octanol–water partition coefficient (Wildman–Crippen LogP) is 3.30. The summed E-state index contributed by atoms with van der Waals surface area (Å²) >= 11 is 5.38. The third-order valence-electron chi connectivity index (χ3n) is 3.65. The summed E-state index contributed by atoms with van der Waals surface area (Å²) in [4.78, 5) is 5.60. The van der Waals surface area contributed by atoms with Crippen LogP contribution in [0.5, 0.6) is 0 Å². The Kier molecular flexibility index (Phi) is 4.94. The van der Waals surface area contributed by atoms with Crippen molar-refractivity contribution < 1.29 is 0 Å². The molecule has 0 bridgehead atoms. The molecule has 2 rings (SSSR count). The number of hydrogen-bond donors (Lipinski definition) is 1. The van der Waals surface area contributed by atoms with Crippen molar-refractivity contribution in [2.75, 3.05) is 19.6 Å². The van der Waals surface area contributed by atoms with Crippen molar-refractivity contribution in [1.29, 1.82) is 5.26 Å². The van der Waals surface area contributed by atoms with E-state index in [0.29, 0.717) is 5.56 Å². The molecule has 0 saturated heterocycles. The molecule has 0 aliphatic heterocycles. The summed E-state index contributed by atoms with van der Waals surface area (Å²) in [5, 5.41) is 9.01. The Balaban J connectivity index is 2.19. The lowest BCUT2D eigenvalue weighted by Gasteiger charge is -2.17. The molecule has 20 heavy (non-hydrogen) atoms. The zero-order valence-corrected chi connectivity index (χ0v) is 12.8. The second-order valence-corrected chi connectivity index (χ2v) is 5.19. The van der Waals surface area contributed by atoms with Crippen LogP contribution in [0.1, 0.15) is 25.8 Å². The number of hydrogen-bond acceptors (Lipinski definition) is 3. The number of aromatic nitrogens is 2. The number of aromatic amines is 1. The van der Waals surface area contributed by atoms with Gasteiger partial charge in [-0.1, -0.05) is 13.8 Å². The van der Waals surface area contributed by atoms with E-state index >= 15 is 0 Å². The van der Waals surface area contributed by atoms with Gasteiger partial charge in [0.05, 0.1) is 22.7 Å². The maximum Gasteiger partial charge on any atom is 0.178 e. The van der Waals surface area contributed by atoms with E-state index in [9.17, 15) is 0 Å². The van der Waals surface area contributed by atoms with Crippen molar-refractivity contribution in [1.82, 2.24) is 14.5 Å². The molecule has 1 aromatic carbocycles. The minimum atomic E-state index is 0.670. The van der Waals surface area contributed by atoms with Crippen LogP contribution in [-0.2, 0) is 6.54 Å². The summed E-state index contributed by atoms with van der Waals surface area (Å²) in [6, 6.07) is 7.82. The summed E-state index contributed by atoms with van der Waals surface area (Å²) in [6.07, 6.45) is 1.06. The number of nitrogens with zero attached hydrogens (tertiary/aromatic N) is 3. The van der Waals surface area contributed by atoms with Crippen molar-refractivity contribution in [2.45, 2.75) is 26.8 Å². The Bertz CT molecular complexity index is 673. The Morgan fingerprint density at radius 3 is 2.75 bits per heavy atom. The van der Waals surface area contributed by atoms with Gasteiger partial charge in [0.1, 0.15) is 0 Å². The number of rotatable bonds is 6. The SMILES string of the molecule is CCN(CC)CCCn1c(=S)[nH]c2ccc(C#N)cc21.